The fourth-order valence-electron chi connectivity index (χ4n) is 2.66. The lowest BCUT2D eigenvalue weighted by molar-refractivity contribution is 0.0318. The first kappa shape index (κ1) is 20.9. The molecule has 0 unspecified atom stereocenters. The molecule has 3 rings (SSSR count). The minimum Gasteiger partial charge on any atom is -0.486 e. The molecule has 154 valence electrons. The van der Waals surface area contributed by atoms with Crippen molar-refractivity contribution < 1.29 is 32.2 Å². The number of Topliss-reactive ketones (excluding diaryl/α,β-unsaturated/α-hetero) is 1. The van der Waals surface area contributed by atoms with Crippen molar-refractivity contribution >= 4 is 39.1 Å². The van der Waals surface area contributed by atoms with E-state index < -0.39 is 27.9 Å². The molecule has 0 fully saturated rings. The molecule has 0 radical (unpaired) electrons. The van der Waals surface area contributed by atoms with Gasteiger partial charge >= 0.3 is 5.97 Å². The highest BCUT2D eigenvalue weighted by Gasteiger charge is 2.24. The van der Waals surface area contributed by atoms with E-state index in [4.69, 9.17) is 25.8 Å². The van der Waals surface area contributed by atoms with Crippen LogP contribution in [-0.4, -0.2) is 45.7 Å². The molecular weight excluding hydrogens is 422 g/mol. The number of carbonyl (C=O) groups excluding carboxylic acids is 2. The fraction of sp³-hybridized carbons (Fsp3) is 0.263. The van der Waals surface area contributed by atoms with Gasteiger partial charge in [0, 0.05) is 11.3 Å². The normalized spacial score (nSPS) is 14.0. The number of nitrogens with one attached hydrogen (secondary N) is 1. The lowest BCUT2D eigenvalue weighted by atomic mass is 10.1. The highest BCUT2D eigenvalue weighted by Crippen LogP contribution is 2.38. The van der Waals surface area contributed by atoms with Crippen LogP contribution in [0.25, 0.3) is 0 Å². The quantitative estimate of drug-likeness (QED) is 0.544. The van der Waals surface area contributed by atoms with Crippen LogP contribution in [0.15, 0.2) is 36.4 Å². The van der Waals surface area contributed by atoms with Gasteiger partial charge in [-0.25, -0.2) is 13.2 Å². The predicted molar refractivity (Wildman–Crippen MR) is 107 cm³/mol. The van der Waals surface area contributed by atoms with Crippen molar-refractivity contribution in [3.8, 4) is 11.5 Å². The molecule has 0 aliphatic carbocycles. The van der Waals surface area contributed by atoms with Crippen molar-refractivity contribution in [1.29, 1.82) is 0 Å². The molecule has 0 saturated heterocycles. The molecule has 1 N–H and O–H groups in total. The Bertz CT molecular complexity index is 1050. The third-order valence-electron chi connectivity index (χ3n) is 3.96. The molecule has 0 spiro atoms. The van der Waals surface area contributed by atoms with E-state index >= 15 is 0 Å². The summed E-state index contributed by atoms with van der Waals surface area (Å²) in [5.74, 6) is -0.474. The number of hydrogen-bond donors (Lipinski definition) is 1. The average Bonchev–Trinajstić information content (AvgIpc) is 2.66. The summed E-state index contributed by atoms with van der Waals surface area (Å²) in [5.41, 5.74) is 0.718. The second-order valence-electron chi connectivity index (χ2n) is 6.35. The zero-order valence-electron chi connectivity index (χ0n) is 15.6. The molecule has 29 heavy (non-hydrogen) atoms. The van der Waals surface area contributed by atoms with E-state index in [1.54, 1.807) is 0 Å². The standard InChI is InChI=1S/C19H18ClNO7S/c1-11(17(22)12-3-5-14(6-4-12)21-29(2,24)25)28-19(23)13-9-15(20)18-16(10-13)26-7-8-27-18/h3-6,9-11,21H,7-8H2,1-2H3/t11-/m1/s1. The topological polar surface area (TPSA) is 108 Å². The van der Waals surface area contributed by atoms with E-state index in [-0.39, 0.29) is 16.1 Å². The molecule has 0 saturated carbocycles. The van der Waals surface area contributed by atoms with E-state index in [9.17, 15) is 18.0 Å². The summed E-state index contributed by atoms with van der Waals surface area (Å²) in [5, 5.41) is 0.210. The summed E-state index contributed by atoms with van der Waals surface area (Å²) in [6.07, 6.45) is -0.0410. The van der Waals surface area contributed by atoms with Crippen LogP contribution in [0.3, 0.4) is 0 Å². The van der Waals surface area contributed by atoms with Gasteiger partial charge < -0.3 is 14.2 Å². The minimum atomic E-state index is -3.42. The van der Waals surface area contributed by atoms with Crippen LogP contribution in [0.5, 0.6) is 11.5 Å². The first-order valence-electron chi connectivity index (χ1n) is 8.56. The van der Waals surface area contributed by atoms with Crippen LogP contribution < -0.4 is 14.2 Å². The third-order valence-corrected chi connectivity index (χ3v) is 4.85. The Kier molecular flexibility index (Phi) is 5.99. The van der Waals surface area contributed by atoms with Gasteiger partial charge in [-0.15, -0.1) is 0 Å². The second-order valence-corrected chi connectivity index (χ2v) is 8.50. The number of carbonyl (C=O) groups is 2. The SMILES string of the molecule is C[C@@H](OC(=O)c1cc(Cl)c2c(c1)OCCO2)C(=O)c1ccc(NS(C)(=O)=O)cc1. The summed E-state index contributed by atoms with van der Waals surface area (Å²) in [7, 11) is -3.42. The number of rotatable bonds is 6. The van der Waals surface area contributed by atoms with Crippen LogP contribution in [0, 0.1) is 0 Å². The van der Waals surface area contributed by atoms with Crippen LogP contribution in [-0.2, 0) is 14.8 Å². The first-order chi connectivity index (χ1) is 13.6. The fourth-order valence-corrected chi connectivity index (χ4v) is 3.49. The van der Waals surface area contributed by atoms with E-state index in [1.165, 1.54) is 43.3 Å². The summed E-state index contributed by atoms with van der Waals surface area (Å²) in [6.45, 7) is 2.14. The maximum atomic E-state index is 12.5. The van der Waals surface area contributed by atoms with Crippen molar-refractivity contribution in [2.24, 2.45) is 0 Å². The zero-order valence-corrected chi connectivity index (χ0v) is 17.2. The average molecular weight is 440 g/mol. The molecule has 1 aliphatic heterocycles. The van der Waals surface area contributed by atoms with Gasteiger partial charge in [-0.1, -0.05) is 11.6 Å². The monoisotopic (exact) mass is 439 g/mol. The van der Waals surface area contributed by atoms with Crippen molar-refractivity contribution in [2.45, 2.75) is 13.0 Å². The van der Waals surface area contributed by atoms with Crippen molar-refractivity contribution in [1.82, 2.24) is 0 Å². The number of sulfonamides is 1. The van der Waals surface area contributed by atoms with Gasteiger partial charge in [0.2, 0.25) is 15.8 Å². The molecule has 10 heteroatoms. The van der Waals surface area contributed by atoms with E-state index in [2.05, 4.69) is 4.72 Å². The van der Waals surface area contributed by atoms with E-state index in [0.29, 0.717) is 30.4 Å². The van der Waals surface area contributed by atoms with Crippen LogP contribution in [0.4, 0.5) is 5.69 Å². The summed E-state index contributed by atoms with van der Waals surface area (Å²) in [4.78, 5) is 25.0. The summed E-state index contributed by atoms with van der Waals surface area (Å²) in [6, 6.07) is 8.63. The molecule has 0 amide bonds. The number of ketones is 1. The minimum absolute atomic E-state index is 0.131. The highest BCUT2D eigenvalue weighted by atomic mass is 35.5. The highest BCUT2D eigenvalue weighted by molar-refractivity contribution is 7.92. The lowest BCUT2D eigenvalue weighted by Crippen LogP contribution is -2.24. The third kappa shape index (κ3) is 5.18. The number of halogens is 1. The Morgan fingerprint density at radius 1 is 1.10 bits per heavy atom. The smallest absolute Gasteiger partial charge is 0.339 e. The molecule has 0 aromatic heterocycles. The van der Waals surface area contributed by atoms with Crippen LogP contribution in [0.1, 0.15) is 27.6 Å². The largest absolute Gasteiger partial charge is 0.486 e. The molecule has 1 atom stereocenters. The lowest BCUT2D eigenvalue weighted by Gasteiger charge is -2.20. The van der Waals surface area contributed by atoms with Gasteiger partial charge in [-0.3, -0.25) is 9.52 Å². The maximum absolute atomic E-state index is 12.5. The van der Waals surface area contributed by atoms with Crippen molar-refractivity contribution in [2.75, 3.05) is 24.2 Å². The Hall–Kier alpha value is -2.78. The summed E-state index contributed by atoms with van der Waals surface area (Å²) >= 11 is 6.12. The molecule has 8 nitrogen and oxygen atoms in total. The van der Waals surface area contributed by atoms with Gasteiger partial charge in [0.15, 0.2) is 17.6 Å². The number of fused-ring (bicyclic) bond motifs is 1. The van der Waals surface area contributed by atoms with Crippen molar-refractivity contribution in [3.05, 3.63) is 52.5 Å². The van der Waals surface area contributed by atoms with E-state index in [0.717, 1.165) is 6.26 Å². The Balaban J connectivity index is 1.69. The number of benzene rings is 2. The number of anilines is 1. The number of esters is 1. The Morgan fingerprint density at radius 2 is 1.76 bits per heavy atom. The van der Waals surface area contributed by atoms with Crippen LogP contribution >= 0.6 is 11.6 Å². The predicted octanol–water partition coefficient (Wildman–Crippen LogP) is 2.91. The number of ether oxygens (including phenoxy) is 3. The Morgan fingerprint density at radius 3 is 2.41 bits per heavy atom. The van der Waals surface area contributed by atoms with E-state index in [1.807, 2.05) is 0 Å². The summed E-state index contributed by atoms with van der Waals surface area (Å²) < 4.78 is 40.9. The van der Waals surface area contributed by atoms with Gasteiger partial charge in [0.1, 0.15) is 13.2 Å². The first-order valence-corrected chi connectivity index (χ1v) is 10.8. The van der Waals surface area contributed by atoms with Gasteiger partial charge in [0.25, 0.3) is 0 Å². The number of hydrogen-bond acceptors (Lipinski definition) is 7. The van der Waals surface area contributed by atoms with Gasteiger partial charge in [0.05, 0.1) is 16.8 Å². The molecular formula is C19H18ClNO7S. The van der Waals surface area contributed by atoms with Gasteiger partial charge in [-0.2, -0.15) is 0 Å². The van der Waals surface area contributed by atoms with Crippen molar-refractivity contribution in [3.63, 3.8) is 0 Å². The molecule has 1 heterocycles. The van der Waals surface area contributed by atoms with Crippen LogP contribution in [0.2, 0.25) is 5.02 Å². The maximum Gasteiger partial charge on any atom is 0.339 e. The Labute approximate surface area is 172 Å². The molecule has 2 aromatic rings. The zero-order chi connectivity index (χ0) is 21.2. The molecule has 1 aliphatic rings. The molecule has 2 aromatic carbocycles. The molecule has 0 bridgehead atoms. The second kappa shape index (κ2) is 8.30. The van der Waals surface area contributed by atoms with Gasteiger partial charge in [-0.05, 0) is 43.3 Å².